The molecule has 0 bridgehead atoms. The molecule has 0 aliphatic heterocycles. The first kappa shape index (κ1) is 20.8. The number of rotatable bonds is 10. The molecule has 0 saturated heterocycles. The van der Waals surface area contributed by atoms with E-state index in [0.717, 1.165) is 12.8 Å². The summed E-state index contributed by atoms with van der Waals surface area (Å²) in [5, 5.41) is 2.73. The van der Waals surface area contributed by atoms with E-state index >= 15 is 0 Å². The number of nitrogens with one attached hydrogen (secondary N) is 1. The SMILES string of the molecule is CCCC[C@@H](NC(=O)[CH]C[Si](C)(C)C(N)=O)C(=O)c1nc2ccccc2o1. The minimum atomic E-state index is -2.33. The van der Waals surface area contributed by atoms with Crippen molar-refractivity contribution in [3.63, 3.8) is 0 Å². The minimum absolute atomic E-state index is 0.00977. The van der Waals surface area contributed by atoms with Crippen molar-refractivity contribution in [2.45, 2.75) is 51.4 Å². The summed E-state index contributed by atoms with van der Waals surface area (Å²) in [5.41, 5.74) is 6.16. The van der Waals surface area contributed by atoms with Crippen molar-refractivity contribution in [1.29, 1.82) is 0 Å². The number of oxazole rings is 1. The standard InChI is InChI=1S/C19H26N3O4Si/c1-4-5-8-14(21-16(23)11-12-27(2,3)19(20)25)17(24)18-22-13-9-6-7-10-15(13)26-18/h6-7,9-11,14H,4-5,8,12H2,1-3H3,(H2,20,25)(H,21,23)/t14-/m1/s1. The third-order valence-electron chi connectivity index (χ3n) is 4.45. The molecule has 27 heavy (non-hydrogen) atoms. The molecule has 0 unspecified atom stereocenters. The van der Waals surface area contributed by atoms with Crippen molar-refractivity contribution in [3.8, 4) is 0 Å². The summed E-state index contributed by atoms with van der Waals surface area (Å²) in [6.07, 6.45) is 3.57. The lowest BCUT2D eigenvalue weighted by Crippen LogP contribution is -2.45. The summed E-state index contributed by atoms with van der Waals surface area (Å²) in [7, 11) is -2.33. The maximum atomic E-state index is 12.8. The Morgan fingerprint density at radius 3 is 2.63 bits per heavy atom. The number of benzene rings is 1. The Morgan fingerprint density at radius 1 is 1.30 bits per heavy atom. The number of hydrogen-bond acceptors (Lipinski definition) is 5. The Kier molecular flexibility index (Phi) is 6.90. The number of unbranched alkanes of at least 4 members (excludes halogenated alkanes) is 1. The maximum absolute atomic E-state index is 12.8. The van der Waals surface area contributed by atoms with Gasteiger partial charge in [0.2, 0.25) is 11.7 Å². The van der Waals surface area contributed by atoms with Crippen LogP contribution >= 0.6 is 0 Å². The highest BCUT2D eigenvalue weighted by molar-refractivity contribution is 7.04. The summed E-state index contributed by atoms with van der Waals surface area (Å²) in [6, 6.07) is 6.72. The quantitative estimate of drug-likeness (QED) is 0.479. The second kappa shape index (κ2) is 8.94. The number of fused-ring (bicyclic) bond motifs is 1. The van der Waals surface area contributed by atoms with Gasteiger partial charge in [-0.3, -0.25) is 14.4 Å². The van der Waals surface area contributed by atoms with Crippen molar-refractivity contribution in [1.82, 2.24) is 10.3 Å². The molecule has 7 nitrogen and oxygen atoms in total. The van der Waals surface area contributed by atoms with Gasteiger partial charge in [-0.1, -0.05) is 45.0 Å². The van der Waals surface area contributed by atoms with E-state index in [-0.39, 0.29) is 23.1 Å². The van der Waals surface area contributed by atoms with E-state index in [1.807, 2.05) is 13.0 Å². The third kappa shape index (κ3) is 5.49. The zero-order chi connectivity index (χ0) is 20.0. The number of carbonyl (C=O) groups is 3. The number of nitrogens with two attached hydrogens (primary N) is 1. The summed E-state index contributed by atoms with van der Waals surface area (Å²) in [6.45, 7) is 5.62. The first-order valence-electron chi connectivity index (χ1n) is 9.08. The molecule has 1 radical (unpaired) electrons. The van der Waals surface area contributed by atoms with Crippen molar-refractivity contribution in [2.24, 2.45) is 5.73 Å². The molecule has 0 spiro atoms. The fraction of sp³-hybridized carbons (Fsp3) is 0.421. The van der Waals surface area contributed by atoms with Gasteiger partial charge in [0, 0.05) is 6.42 Å². The Balaban J connectivity index is 2.08. The van der Waals surface area contributed by atoms with Gasteiger partial charge < -0.3 is 15.5 Å². The molecule has 0 fully saturated rings. The number of aromatic nitrogens is 1. The molecule has 3 N–H and O–H groups in total. The van der Waals surface area contributed by atoms with E-state index in [1.165, 1.54) is 6.42 Å². The number of nitrogens with zero attached hydrogens (tertiary/aromatic N) is 1. The van der Waals surface area contributed by atoms with Crippen LogP contribution in [0.2, 0.25) is 19.1 Å². The van der Waals surface area contributed by atoms with Gasteiger partial charge in [-0.25, -0.2) is 4.98 Å². The Bertz CT molecular complexity index is 798. The van der Waals surface area contributed by atoms with Crippen LogP contribution < -0.4 is 11.1 Å². The van der Waals surface area contributed by atoms with Crippen LogP contribution in [-0.2, 0) is 4.79 Å². The summed E-state index contributed by atoms with van der Waals surface area (Å²) in [5.74, 6) is -0.750. The van der Waals surface area contributed by atoms with Crippen LogP contribution in [0.5, 0.6) is 0 Å². The highest BCUT2D eigenvalue weighted by Crippen LogP contribution is 2.18. The predicted octanol–water partition coefficient (Wildman–Crippen LogP) is 3.26. The van der Waals surface area contributed by atoms with Gasteiger partial charge in [-0.05, 0) is 24.6 Å². The lowest BCUT2D eigenvalue weighted by molar-refractivity contribution is -0.118. The summed E-state index contributed by atoms with van der Waals surface area (Å²) >= 11 is 0. The van der Waals surface area contributed by atoms with E-state index < -0.39 is 14.1 Å². The topological polar surface area (TPSA) is 115 Å². The van der Waals surface area contributed by atoms with Gasteiger partial charge in [-0.15, -0.1) is 0 Å². The fourth-order valence-electron chi connectivity index (χ4n) is 2.48. The number of amides is 2. The van der Waals surface area contributed by atoms with Crippen molar-refractivity contribution >= 4 is 36.4 Å². The maximum Gasteiger partial charge on any atom is 0.266 e. The molecule has 2 aromatic rings. The van der Waals surface area contributed by atoms with E-state index in [2.05, 4.69) is 10.3 Å². The average Bonchev–Trinajstić information content (AvgIpc) is 3.07. The first-order chi connectivity index (χ1) is 12.7. The Hall–Kier alpha value is -2.48. The summed E-state index contributed by atoms with van der Waals surface area (Å²) in [4.78, 5) is 40.8. The molecule has 2 rings (SSSR count). The minimum Gasteiger partial charge on any atom is -0.434 e. The molecule has 0 aliphatic carbocycles. The molecule has 8 heteroatoms. The van der Waals surface area contributed by atoms with Gasteiger partial charge in [0.25, 0.3) is 5.89 Å². The summed E-state index contributed by atoms with van der Waals surface area (Å²) < 4.78 is 5.54. The number of hydrogen-bond donors (Lipinski definition) is 2. The number of Topliss-reactive ketones (excluding diaryl/α,β-unsaturated/α-hetero) is 1. The lowest BCUT2D eigenvalue weighted by Gasteiger charge is -2.19. The van der Waals surface area contributed by atoms with E-state index in [1.54, 1.807) is 31.3 Å². The number of carbonyl (C=O) groups excluding carboxylic acids is 3. The molecule has 2 amide bonds. The van der Waals surface area contributed by atoms with Crippen LogP contribution in [0.4, 0.5) is 4.79 Å². The van der Waals surface area contributed by atoms with Crippen LogP contribution in [0.1, 0.15) is 36.9 Å². The third-order valence-corrected chi connectivity index (χ3v) is 7.01. The molecule has 1 aromatic heterocycles. The average molecular weight is 389 g/mol. The van der Waals surface area contributed by atoms with Crippen molar-refractivity contribution in [2.75, 3.05) is 0 Å². The zero-order valence-electron chi connectivity index (χ0n) is 16.0. The second-order valence-electron chi connectivity index (χ2n) is 7.21. The second-order valence-corrected chi connectivity index (χ2v) is 11.9. The van der Waals surface area contributed by atoms with Gasteiger partial charge in [0.05, 0.1) is 6.04 Å². The molecule has 0 aliphatic rings. The zero-order valence-corrected chi connectivity index (χ0v) is 17.0. The largest absolute Gasteiger partial charge is 0.434 e. The van der Waals surface area contributed by atoms with Crippen LogP contribution in [0.3, 0.4) is 0 Å². The van der Waals surface area contributed by atoms with Gasteiger partial charge in [-0.2, -0.15) is 0 Å². The van der Waals surface area contributed by atoms with Crippen molar-refractivity contribution < 1.29 is 18.8 Å². The smallest absolute Gasteiger partial charge is 0.266 e. The number of primary amides is 1. The van der Waals surface area contributed by atoms with E-state index in [9.17, 15) is 14.4 Å². The molecule has 0 saturated carbocycles. The van der Waals surface area contributed by atoms with E-state index in [4.69, 9.17) is 10.2 Å². The van der Waals surface area contributed by atoms with Crippen molar-refractivity contribution in [3.05, 3.63) is 36.6 Å². The van der Waals surface area contributed by atoms with Gasteiger partial charge in [0.1, 0.15) is 5.52 Å². The molecule has 1 atom stereocenters. The Morgan fingerprint density at radius 2 is 2.00 bits per heavy atom. The molecular formula is C19H26N3O4Si. The Labute approximate surface area is 159 Å². The fourth-order valence-corrected chi connectivity index (χ4v) is 3.38. The molecular weight excluding hydrogens is 362 g/mol. The highest BCUT2D eigenvalue weighted by atomic mass is 28.3. The monoisotopic (exact) mass is 388 g/mol. The normalized spacial score (nSPS) is 12.7. The molecule has 1 aromatic carbocycles. The van der Waals surface area contributed by atoms with Gasteiger partial charge >= 0.3 is 0 Å². The van der Waals surface area contributed by atoms with Crippen LogP contribution in [0.15, 0.2) is 28.7 Å². The first-order valence-corrected chi connectivity index (χ1v) is 12.3. The highest BCUT2D eigenvalue weighted by Gasteiger charge is 2.31. The number of para-hydroxylation sites is 2. The van der Waals surface area contributed by atoms with Crippen LogP contribution in [0.25, 0.3) is 11.1 Å². The lowest BCUT2D eigenvalue weighted by atomic mass is 10.1. The molecule has 1 heterocycles. The van der Waals surface area contributed by atoms with Crippen LogP contribution in [-0.4, -0.2) is 36.3 Å². The predicted molar refractivity (Wildman–Crippen MR) is 106 cm³/mol. The van der Waals surface area contributed by atoms with E-state index in [0.29, 0.717) is 23.6 Å². The number of ketones is 1. The van der Waals surface area contributed by atoms with Crippen LogP contribution in [0, 0.1) is 6.42 Å². The van der Waals surface area contributed by atoms with Gasteiger partial charge in [0.15, 0.2) is 19.2 Å². The molecule has 145 valence electrons.